The fraction of sp³-hybridized carbons (Fsp3) is 0.629. The number of ether oxygens (including phenoxy) is 10. The first-order chi connectivity index (χ1) is 23.8. The lowest BCUT2D eigenvalue weighted by molar-refractivity contribution is -0.0251. The molecule has 1 amide bonds. The molecular weight excluding hydrogens is 629 g/mol. The van der Waals surface area contributed by atoms with Crippen molar-refractivity contribution in [3.63, 3.8) is 0 Å². The lowest BCUT2D eigenvalue weighted by Gasteiger charge is -2.14. The number of benzene rings is 2. The van der Waals surface area contributed by atoms with Gasteiger partial charge >= 0.3 is 6.09 Å². The van der Waals surface area contributed by atoms with E-state index in [1.807, 2.05) is 24.3 Å². The Labute approximate surface area is 283 Å². The monoisotopic (exact) mass is 681 g/mol. The zero-order valence-electron chi connectivity index (χ0n) is 27.9. The van der Waals surface area contributed by atoms with Gasteiger partial charge in [-0.05, 0) is 22.3 Å². The minimum Gasteiger partial charge on any atom is -0.449 e. The van der Waals surface area contributed by atoms with Crippen LogP contribution in [-0.4, -0.2) is 145 Å². The molecule has 12 nitrogen and oxygen atoms in total. The summed E-state index contributed by atoms with van der Waals surface area (Å²) in [5.74, 6) is 0.0361. The molecule has 0 bridgehead atoms. The van der Waals surface area contributed by atoms with Crippen LogP contribution in [0.1, 0.15) is 17.0 Å². The summed E-state index contributed by atoms with van der Waals surface area (Å²) < 4.78 is 65.8. The molecule has 0 unspecified atom stereocenters. The maximum absolute atomic E-state index is 12.2. The summed E-state index contributed by atoms with van der Waals surface area (Å²) in [5, 5.41) is 2.74. The summed E-state index contributed by atoms with van der Waals surface area (Å²) in [7, 11) is 0. The zero-order valence-corrected chi connectivity index (χ0v) is 27.9. The lowest BCUT2D eigenvalue weighted by Crippen LogP contribution is -2.29. The van der Waals surface area contributed by atoms with E-state index in [1.54, 1.807) is 0 Å². The summed E-state index contributed by atoms with van der Waals surface area (Å²) >= 11 is 0. The molecule has 1 aliphatic rings. The topological polar surface area (TPSA) is 121 Å². The van der Waals surface area contributed by atoms with Gasteiger partial charge in [-0.25, -0.2) is 9.18 Å². The average molecular weight is 682 g/mol. The first-order valence-corrected chi connectivity index (χ1v) is 16.7. The molecule has 0 saturated carbocycles. The van der Waals surface area contributed by atoms with Gasteiger partial charge in [-0.3, -0.25) is 0 Å². The van der Waals surface area contributed by atoms with E-state index in [-0.39, 0.29) is 19.1 Å². The quantitative estimate of drug-likeness (QED) is 0.118. The summed E-state index contributed by atoms with van der Waals surface area (Å²) in [6.07, 6.45) is -0.455. The van der Waals surface area contributed by atoms with Crippen molar-refractivity contribution in [2.75, 3.05) is 139 Å². The standard InChI is InChI=1S/C35H52FNO11/c36-9-11-39-13-15-41-17-19-43-21-23-45-25-27-47-28-26-46-24-22-44-20-18-42-16-14-40-12-10-37-35(38)48-29-34-32-7-3-1-5-30(32)31-6-2-4-8-33(31)34/h1-8,34H,9-29H2,(H,37,38). The Morgan fingerprint density at radius 1 is 0.500 bits per heavy atom. The van der Waals surface area contributed by atoms with Gasteiger partial charge < -0.3 is 52.7 Å². The van der Waals surface area contributed by atoms with Gasteiger partial charge in [0.1, 0.15) is 13.3 Å². The van der Waals surface area contributed by atoms with Crippen molar-refractivity contribution in [2.45, 2.75) is 5.92 Å². The van der Waals surface area contributed by atoms with Crippen molar-refractivity contribution in [3.05, 3.63) is 59.7 Å². The Morgan fingerprint density at radius 3 is 1.21 bits per heavy atom. The summed E-state index contributed by atoms with van der Waals surface area (Å²) in [6, 6.07) is 16.5. The van der Waals surface area contributed by atoms with E-state index in [0.29, 0.717) is 119 Å². The Balaban J connectivity index is 0.986. The smallest absolute Gasteiger partial charge is 0.407 e. The third-order valence-corrected chi connectivity index (χ3v) is 7.06. The number of hydrogen-bond acceptors (Lipinski definition) is 11. The third kappa shape index (κ3) is 17.1. The van der Waals surface area contributed by atoms with Crippen LogP contribution >= 0.6 is 0 Å². The van der Waals surface area contributed by atoms with E-state index in [2.05, 4.69) is 29.6 Å². The van der Waals surface area contributed by atoms with E-state index in [1.165, 1.54) is 22.3 Å². The van der Waals surface area contributed by atoms with E-state index < -0.39 is 12.8 Å². The van der Waals surface area contributed by atoms with Crippen molar-refractivity contribution in [1.29, 1.82) is 0 Å². The van der Waals surface area contributed by atoms with Crippen LogP contribution in [-0.2, 0) is 47.4 Å². The molecule has 0 radical (unpaired) electrons. The summed E-state index contributed by atoms with van der Waals surface area (Å²) in [5.41, 5.74) is 4.76. The number of nitrogens with one attached hydrogen (secondary N) is 1. The Morgan fingerprint density at radius 2 is 0.833 bits per heavy atom. The van der Waals surface area contributed by atoms with Crippen LogP contribution in [0.2, 0.25) is 0 Å². The van der Waals surface area contributed by atoms with Crippen molar-refractivity contribution in [1.82, 2.24) is 5.32 Å². The average Bonchev–Trinajstić information content (AvgIpc) is 3.43. The second-order valence-corrected chi connectivity index (χ2v) is 10.5. The Bertz CT molecular complexity index is 1050. The molecule has 0 fully saturated rings. The van der Waals surface area contributed by atoms with Crippen molar-refractivity contribution >= 4 is 6.09 Å². The maximum atomic E-state index is 12.2. The largest absolute Gasteiger partial charge is 0.449 e. The normalized spacial score (nSPS) is 12.3. The number of halogens is 1. The molecule has 0 atom stereocenters. The van der Waals surface area contributed by atoms with Gasteiger partial charge in [0.05, 0.1) is 119 Å². The third-order valence-electron chi connectivity index (χ3n) is 7.06. The molecule has 2 aromatic rings. The molecule has 0 spiro atoms. The number of alkyl carbamates (subject to hydrolysis) is 1. The molecule has 2 aromatic carbocycles. The van der Waals surface area contributed by atoms with E-state index >= 15 is 0 Å². The number of carbonyl (C=O) groups excluding carboxylic acids is 1. The molecule has 48 heavy (non-hydrogen) atoms. The summed E-state index contributed by atoms with van der Waals surface area (Å²) in [4.78, 5) is 12.2. The van der Waals surface area contributed by atoms with Crippen LogP contribution in [0.5, 0.6) is 0 Å². The van der Waals surface area contributed by atoms with Crippen LogP contribution in [0.25, 0.3) is 11.1 Å². The van der Waals surface area contributed by atoms with Crippen LogP contribution < -0.4 is 5.32 Å². The highest BCUT2D eigenvalue weighted by Crippen LogP contribution is 2.44. The number of fused-ring (bicyclic) bond motifs is 3. The molecule has 1 N–H and O–H groups in total. The molecular formula is C35H52FNO11. The highest BCUT2D eigenvalue weighted by molar-refractivity contribution is 5.79. The van der Waals surface area contributed by atoms with Crippen molar-refractivity contribution < 1.29 is 56.6 Å². The number of hydrogen-bond donors (Lipinski definition) is 1. The number of carbonyl (C=O) groups is 1. The molecule has 270 valence electrons. The highest BCUT2D eigenvalue weighted by atomic mass is 19.1. The second-order valence-electron chi connectivity index (χ2n) is 10.5. The van der Waals surface area contributed by atoms with Crippen LogP contribution in [0.3, 0.4) is 0 Å². The van der Waals surface area contributed by atoms with Gasteiger partial charge in [0, 0.05) is 12.5 Å². The summed E-state index contributed by atoms with van der Waals surface area (Å²) in [6.45, 7) is 8.02. The molecule has 1 aliphatic carbocycles. The first-order valence-electron chi connectivity index (χ1n) is 16.7. The molecule has 3 rings (SSSR count). The number of amides is 1. The second kappa shape index (κ2) is 27.1. The molecule has 0 heterocycles. The maximum Gasteiger partial charge on any atom is 0.407 e. The molecule has 0 aromatic heterocycles. The highest BCUT2D eigenvalue weighted by Gasteiger charge is 2.28. The predicted molar refractivity (Wildman–Crippen MR) is 176 cm³/mol. The van der Waals surface area contributed by atoms with Crippen molar-refractivity contribution in [3.8, 4) is 11.1 Å². The fourth-order valence-corrected chi connectivity index (χ4v) is 4.79. The lowest BCUT2D eigenvalue weighted by atomic mass is 9.98. The number of rotatable bonds is 31. The van der Waals surface area contributed by atoms with Crippen LogP contribution in [0.4, 0.5) is 9.18 Å². The van der Waals surface area contributed by atoms with E-state index in [4.69, 9.17) is 47.4 Å². The number of alkyl halides is 1. The zero-order chi connectivity index (χ0) is 33.7. The van der Waals surface area contributed by atoms with Gasteiger partial charge in [-0.2, -0.15) is 0 Å². The van der Waals surface area contributed by atoms with Crippen molar-refractivity contribution in [2.24, 2.45) is 0 Å². The molecule has 0 aliphatic heterocycles. The van der Waals surface area contributed by atoms with Crippen LogP contribution in [0, 0.1) is 0 Å². The van der Waals surface area contributed by atoms with Crippen LogP contribution in [0.15, 0.2) is 48.5 Å². The van der Waals surface area contributed by atoms with E-state index in [9.17, 15) is 9.18 Å². The van der Waals surface area contributed by atoms with E-state index in [0.717, 1.165) is 0 Å². The predicted octanol–water partition coefficient (Wildman–Crippen LogP) is 3.64. The minimum atomic E-state index is -0.479. The molecule has 0 saturated heterocycles. The van der Waals surface area contributed by atoms with Gasteiger partial charge in [0.2, 0.25) is 0 Å². The van der Waals surface area contributed by atoms with Gasteiger partial charge in [0.25, 0.3) is 0 Å². The van der Waals surface area contributed by atoms with Gasteiger partial charge in [-0.1, -0.05) is 48.5 Å². The minimum absolute atomic E-state index is 0.0361. The Kier molecular flexibility index (Phi) is 22.5. The van der Waals surface area contributed by atoms with Gasteiger partial charge in [-0.15, -0.1) is 0 Å². The Hall–Kier alpha value is -2.72. The fourth-order valence-electron chi connectivity index (χ4n) is 4.79. The SMILES string of the molecule is O=C(NCCOCCOCCOCCOCCOCCOCCOCCOCCOCCF)OCC1c2ccccc2-c2ccccc21. The molecule has 13 heteroatoms. The first kappa shape index (κ1) is 39.7. The van der Waals surface area contributed by atoms with Gasteiger partial charge in [0.15, 0.2) is 0 Å².